The van der Waals surface area contributed by atoms with Crippen LogP contribution in [-0.4, -0.2) is 34.3 Å². The highest BCUT2D eigenvalue weighted by Gasteiger charge is 2.24. The minimum Gasteiger partial charge on any atom is -0.330 e. The molecule has 0 spiro atoms. The highest BCUT2D eigenvalue weighted by atomic mass is 15.3. The lowest BCUT2D eigenvalue weighted by Gasteiger charge is -2.36. The van der Waals surface area contributed by atoms with Crippen molar-refractivity contribution in [2.45, 2.75) is 32.2 Å². The molecule has 0 saturated carbocycles. The fourth-order valence-electron chi connectivity index (χ4n) is 2.85. The number of nitrogens with two attached hydrogens (primary N) is 1. The van der Waals surface area contributed by atoms with Gasteiger partial charge in [0, 0.05) is 19.3 Å². The minimum absolute atomic E-state index is 0.473. The molecule has 1 aromatic heterocycles. The summed E-state index contributed by atoms with van der Waals surface area (Å²) in [7, 11) is 2.02. The monoisotopic (exact) mass is 236 g/mol. The Bertz CT molecular complexity index is 339. The second-order valence-corrected chi connectivity index (χ2v) is 5.11. The average molecular weight is 236 g/mol. The molecule has 1 fully saturated rings. The molecular weight excluding hydrogens is 212 g/mol. The van der Waals surface area contributed by atoms with Gasteiger partial charge in [-0.15, -0.1) is 0 Å². The fourth-order valence-corrected chi connectivity index (χ4v) is 2.85. The Kier molecular flexibility index (Phi) is 4.18. The molecule has 1 aliphatic heterocycles. The summed E-state index contributed by atoms with van der Waals surface area (Å²) in [5, 5.41) is 4.25. The van der Waals surface area contributed by atoms with Crippen LogP contribution in [0.3, 0.4) is 0 Å². The van der Waals surface area contributed by atoms with Crippen molar-refractivity contribution in [3.05, 3.63) is 18.0 Å². The highest BCUT2D eigenvalue weighted by Crippen LogP contribution is 2.27. The van der Waals surface area contributed by atoms with Crippen LogP contribution in [0.15, 0.2) is 12.3 Å². The van der Waals surface area contributed by atoms with Gasteiger partial charge in [0.05, 0.1) is 5.69 Å². The van der Waals surface area contributed by atoms with Crippen molar-refractivity contribution in [1.82, 2.24) is 14.7 Å². The largest absolute Gasteiger partial charge is 0.330 e. The summed E-state index contributed by atoms with van der Waals surface area (Å²) < 4.78 is 1.98. The first-order valence-corrected chi connectivity index (χ1v) is 6.64. The van der Waals surface area contributed by atoms with Crippen LogP contribution in [-0.2, 0) is 7.05 Å². The first kappa shape index (κ1) is 12.6. The van der Waals surface area contributed by atoms with Gasteiger partial charge in [-0.1, -0.05) is 0 Å². The van der Waals surface area contributed by atoms with Gasteiger partial charge < -0.3 is 5.73 Å². The van der Waals surface area contributed by atoms with E-state index in [1.807, 2.05) is 17.9 Å². The molecule has 4 nitrogen and oxygen atoms in total. The maximum absolute atomic E-state index is 5.63. The van der Waals surface area contributed by atoms with Gasteiger partial charge in [0.2, 0.25) is 0 Å². The lowest BCUT2D eigenvalue weighted by atomic mass is 9.92. The molecule has 2 heterocycles. The SMILES string of the molecule is CC(c1ccnn1C)N1CCC(CCN)CC1. The fraction of sp³-hybridized carbons (Fsp3) is 0.769. The summed E-state index contributed by atoms with van der Waals surface area (Å²) in [4.78, 5) is 2.56. The summed E-state index contributed by atoms with van der Waals surface area (Å²) in [6, 6.07) is 2.60. The first-order valence-electron chi connectivity index (χ1n) is 6.64. The van der Waals surface area contributed by atoms with E-state index >= 15 is 0 Å². The molecular formula is C13H24N4. The number of piperidine rings is 1. The number of rotatable bonds is 4. The van der Waals surface area contributed by atoms with Crippen LogP contribution in [0.1, 0.15) is 37.9 Å². The quantitative estimate of drug-likeness (QED) is 0.862. The molecule has 1 aliphatic rings. The smallest absolute Gasteiger partial charge is 0.0549 e. The van der Waals surface area contributed by atoms with Gasteiger partial charge in [0.25, 0.3) is 0 Å². The molecule has 96 valence electrons. The molecule has 2 rings (SSSR count). The number of nitrogens with zero attached hydrogens (tertiary/aromatic N) is 3. The van der Waals surface area contributed by atoms with Crippen molar-refractivity contribution in [1.29, 1.82) is 0 Å². The van der Waals surface area contributed by atoms with Gasteiger partial charge in [0.15, 0.2) is 0 Å². The number of aromatic nitrogens is 2. The second-order valence-electron chi connectivity index (χ2n) is 5.11. The lowest BCUT2D eigenvalue weighted by Crippen LogP contribution is -2.36. The van der Waals surface area contributed by atoms with Crippen LogP contribution >= 0.6 is 0 Å². The zero-order valence-corrected chi connectivity index (χ0v) is 11.0. The van der Waals surface area contributed by atoms with Gasteiger partial charge in [-0.3, -0.25) is 9.58 Å². The minimum atomic E-state index is 0.473. The molecule has 0 radical (unpaired) electrons. The number of hydrogen-bond donors (Lipinski definition) is 1. The average Bonchev–Trinajstić information content (AvgIpc) is 2.76. The molecule has 17 heavy (non-hydrogen) atoms. The second kappa shape index (κ2) is 5.65. The van der Waals surface area contributed by atoms with E-state index in [0.29, 0.717) is 6.04 Å². The van der Waals surface area contributed by atoms with Gasteiger partial charge in [-0.25, -0.2) is 0 Å². The highest BCUT2D eigenvalue weighted by molar-refractivity contribution is 5.06. The van der Waals surface area contributed by atoms with E-state index in [9.17, 15) is 0 Å². The van der Waals surface area contributed by atoms with Crippen molar-refractivity contribution in [3.8, 4) is 0 Å². The number of aryl methyl sites for hydroxylation is 1. The molecule has 0 aromatic carbocycles. The van der Waals surface area contributed by atoms with Crippen LogP contribution in [0.2, 0.25) is 0 Å². The molecule has 1 aromatic rings. The standard InChI is InChI=1S/C13H24N4/c1-11(13-4-8-15-16(13)2)17-9-5-12(3-7-14)6-10-17/h4,8,11-12H,3,5-7,9-10,14H2,1-2H3. The predicted molar refractivity (Wildman–Crippen MR) is 69.6 cm³/mol. The molecule has 0 bridgehead atoms. The van der Waals surface area contributed by atoms with Gasteiger partial charge in [-0.2, -0.15) is 5.10 Å². The topological polar surface area (TPSA) is 47.1 Å². The molecule has 4 heteroatoms. The third-order valence-electron chi connectivity index (χ3n) is 4.06. The van der Waals surface area contributed by atoms with Crippen LogP contribution in [0, 0.1) is 5.92 Å². The predicted octanol–water partition coefficient (Wildman–Crippen LogP) is 1.54. The summed E-state index contributed by atoms with van der Waals surface area (Å²) >= 11 is 0. The first-order chi connectivity index (χ1) is 8.22. The maximum Gasteiger partial charge on any atom is 0.0549 e. The Morgan fingerprint density at radius 3 is 2.71 bits per heavy atom. The van der Waals surface area contributed by atoms with E-state index < -0.39 is 0 Å². The van der Waals surface area contributed by atoms with E-state index in [1.165, 1.54) is 38.0 Å². The van der Waals surface area contributed by atoms with E-state index in [4.69, 9.17) is 5.73 Å². The van der Waals surface area contributed by atoms with Crippen LogP contribution < -0.4 is 5.73 Å². The van der Waals surface area contributed by atoms with Crippen LogP contribution in [0.4, 0.5) is 0 Å². The number of likely N-dealkylation sites (tertiary alicyclic amines) is 1. The van der Waals surface area contributed by atoms with Crippen LogP contribution in [0.25, 0.3) is 0 Å². The van der Waals surface area contributed by atoms with Crippen molar-refractivity contribution in [2.75, 3.05) is 19.6 Å². The molecule has 1 atom stereocenters. The Labute approximate surface area is 104 Å². The Morgan fingerprint density at radius 2 is 2.18 bits per heavy atom. The molecule has 2 N–H and O–H groups in total. The van der Waals surface area contributed by atoms with Gasteiger partial charge >= 0.3 is 0 Å². The maximum atomic E-state index is 5.63. The van der Waals surface area contributed by atoms with Crippen LogP contribution in [0.5, 0.6) is 0 Å². The molecule has 0 amide bonds. The van der Waals surface area contributed by atoms with E-state index in [0.717, 1.165) is 12.5 Å². The van der Waals surface area contributed by atoms with Gasteiger partial charge in [-0.05, 0) is 57.8 Å². The molecule has 1 saturated heterocycles. The van der Waals surface area contributed by atoms with E-state index in [2.05, 4.69) is 23.0 Å². The van der Waals surface area contributed by atoms with Crippen molar-refractivity contribution >= 4 is 0 Å². The van der Waals surface area contributed by atoms with Crippen molar-refractivity contribution in [3.63, 3.8) is 0 Å². The summed E-state index contributed by atoms with van der Waals surface area (Å²) in [6.45, 7) is 5.50. The van der Waals surface area contributed by atoms with E-state index in [1.54, 1.807) is 0 Å². The zero-order valence-electron chi connectivity index (χ0n) is 11.0. The molecule has 1 unspecified atom stereocenters. The Morgan fingerprint density at radius 1 is 1.47 bits per heavy atom. The number of hydrogen-bond acceptors (Lipinski definition) is 3. The normalized spacial score (nSPS) is 20.6. The third-order valence-corrected chi connectivity index (χ3v) is 4.06. The summed E-state index contributed by atoms with van der Waals surface area (Å²) in [6.07, 6.45) is 5.65. The molecule has 0 aliphatic carbocycles. The Balaban J connectivity index is 1.90. The Hall–Kier alpha value is -0.870. The van der Waals surface area contributed by atoms with Crippen molar-refractivity contribution in [2.24, 2.45) is 18.7 Å². The van der Waals surface area contributed by atoms with E-state index in [-0.39, 0.29) is 0 Å². The lowest BCUT2D eigenvalue weighted by molar-refractivity contribution is 0.134. The van der Waals surface area contributed by atoms with Gasteiger partial charge in [0.1, 0.15) is 0 Å². The zero-order chi connectivity index (χ0) is 12.3. The summed E-state index contributed by atoms with van der Waals surface area (Å²) in [5.74, 6) is 0.843. The van der Waals surface area contributed by atoms with Crippen molar-refractivity contribution < 1.29 is 0 Å². The summed E-state index contributed by atoms with van der Waals surface area (Å²) in [5.41, 5.74) is 6.93. The third kappa shape index (κ3) is 2.87.